The van der Waals surface area contributed by atoms with Crippen LogP contribution in [0.15, 0.2) is 24.3 Å². The molecule has 0 unspecified atom stereocenters. The molecular formula is C22H31N5O3. The molecule has 8 heteroatoms. The van der Waals surface area contributed by atoms with Crippen LogP contribution in [0.4, 0.5) is 11.4 Å². The van der Waals surface area contributed by atoms with Gasteiger partial charge in [-0.15, -0.1) is 0 Å². The van der Waals surface area contributed by atoms with Gasteiger partial charge in [-0.05, 0) is 37.5 Å². The molecule has 0 radical (unpaired) electrons. The highest BCUT2D eigenvalue weighted by molar-refractivity contribution is 5.97. The fraction of sp³-hybridized carbons (Fsp3) is 0.591. The van der Waals surface area contributed by atoms with Gasteiger partial charge in [-0.2, -0.15) is 0 Å². The van der Waals surface area contributed by atoms with Crippen LogP contribution in [0.25, 0.3) is 0 Å². The summed E-state index contributed by atoms with van der Waals surface area (Å²) >= 11 is 0. The predicted octanol–water partition coefficient (Wildman–Crippen LogP) is 1.04. The molecule has 0 spiro atoms. The minimum Gasteiger partial charge on any atom is -0.353 e. The third-order valence-electron chi connectivity index (χ3n) is 5.94. The summed E-state index contributed by atoms with van der Waals surface area (Å²) in [6.07, 6.45) is 4.26. The SMILES string of the molecule is O=C(CN1CCN(CCC(=O)NC2CC2)CC1)Nc1cccc(N2CCCC2=O)c1. The summed E-state index contributed by atoms with van der Waals surface area (Å²) in [7, 11) is 0. The molecule has 1 aromatic carbocycles. The number of hydrogen-bond acceptors (Lipinski definition) is 5. The van der Waals surface area contributed by atoms with E-state index in [4.69, 9.17) is 0 Å². The third-order valence-corrected chi connectivity index (χ3v) is 5.94. The second-order valence-electron chi connectivity index (χ2n) is 8.46. The van der Waals surface area contributed by atoms with Crippen LogP contribution in [0.3, 0.4) is 0 Å². The van der Waals surface area contributed by atoms with Gasteiger partial charge in [-0.25, -0.2) is 0 Å². The van der Waals surface area contributed by atoms with Crippen LogP contribution in [0, 0.1) is 0 Å². The lowest BCUT2D eigenvalue weighted by molar-refractivity contribution is -0.121. The number of anilines is 2. The van der Waals surface area contributed by atoms with Gasteiger partial charge in [0.2, 0.25) is 17.7 Å². The molecule has 3 aliphatic rings. The molecule has 2 N–H and O–H groups in total. The summed E-state index contributed by atoms with van der Waals surface area (Å²) < 4.78 is 0. The molecule has 162 valence electrons. The van der Waals surface area contributed by atoms with Gasteiger partial charge in [0.05, 0.1) is 6.54 Å². The minimum absolute atomic E-state index is 0.0443. The number of carbonyl (C=O) groups is 3. The maximum Gasteiger partial charge on any atom is 0.238 e. The van der Waals surface area contributed by atoms with E-state index in [9.17, 15) is 14.4 Å². The standard InChI is InChI=1S/C22H31N5O3/c28-20(23-17-6-7-17)8-10-25-11-13-26(14-12-25)16-21(29)24-18-3-1-4-19(15-18)27-9-2-5-22(27)30/h1,3-4,15,17H,2,5-14,16H2,(H,23,28)(H,24,29). The van der Waals surface area contributed by atoms with E-state index in [1.54, 1.807) is 4.90 Å². The van der Waals surface area contributed by atoms with E-state index >= 15 is 0 Å². The summed E-state index contributed by atoms with van der Waals surface area (Å²) in [5, 5.41) is 5.98. The quantitative estimate of drug-likeness (QED) is 0.665. The van der Waals surface area contributed by atoms with Gasteiger partial charge in [-0.1, -0.05) is 6.07 Å². The Morgan fingerprint density at radius 1 is 1.00 bits per heavy atom. The Hall–Kier alpha value is -2.45. The first-order chi connectivity index (χ1) is 14.6. The Labute approximate surface area is 177 Å². The van der Waals surface area contributed by atoms with E-state index in [1.807, 2.05) is 24.3 Å². The van der Waals surface area contributed by atoms with Crippen molar-refractivity contribution >= 4 is 29.1 Å². The van der Waals surface area contributed by atoms with E-state index in [0.717, 1.165) is 69.9 Å². The number of hydrogen-bond donors (Lipinski definition) is 2. The molecule has 3 fully saturated rings. The van der Waals surface area contributed by atoms with E-state index in [2.05, 4.69) is 20.4 Å². The van der Waals surface area contributed by atoms with E-state index in [0.29, 0.717) is 25.4 Å². The lowest BCUT2D eigenvalue weighted by Gasteiger charge is -2.34. The lowest BCUT2D eigenvalue weighted by atomic mass is 10.2. The Kier molecular flexibility index (Phi) is 6.64. The monoisotopic (exact) mass is 413 g/mol. The predicted molar refractivity (Wildman–Crippen MR) is 115 cm³/mol. The highest BCUT2D eigenvalue weighted by Crippen LogP contribution is 2.24. The van der Waals surface area contributed by atoms with Crippen LogP contribution in [0.1, 0.15) is 32.1 Å². The number of nitrogens with zero attached hydrogens (tertiary/aromatic N) is 3. The maximum atomic E-state index is 12.5. The molecule has 8 nitrogen and oxygen atoms in total. The van der Waals surface area contributed by atoms with Gasteiger partial charge in [0.1, 0.15) is 0 Å². The molecule has 1 aliphatic carbocycles. The van der Waals surface area contributed by atoms with Crippen molar-refractivity contribution in [2.24, 2.45) is 0 Å². The Bertz CT molecular complexity index is 787. The summed E-state index contributed by atoms with van der Waals surface area (Å²) in [4.78, 5) is 42.5. The number of piperazine rings is 1. The molecule has 0 atom stereocenters. The van der Waals surface area contributed by atoms with Crippen molar-refractivity contribution in [2.45, 2.75) is 38.1 Å². The molecule has 30 heavy (non-hydrogen) atoms. The molecule has 2 heterocycles. The van der Waals surface area contributed by atoms with Crippen molar-refractivity contribution in [3.05, 3.63) is 24.3 Å². The van der Waals surface area contributed by atoms with Crippen molar-refractivity contribution < 1.29 is 14.4 Å². The molecule has 2 saturated heterocycles. The van der Waals surface area contributed by atoms with E-state index < -0.39 is 0 Å². The molecule has 1 aromatic rings. The first-order valence-electron chi connectivity index (χ1n) is 11.0. The van der Waals surface area contributed by atoms with Gasteiger partial charge in [-0.3, -0.25) is 19.3 Å². The van der Waals surface area contributed by atoms with E-state index in [-0.39, 0.29) is 17.7 Å². The first kappa shape index (κ1) is 20.8. The van der Waals surface area contributed by atoms with Crippen LogP contribution >= 0.6 is 0 Å². The molecule has 1 saturated carbocycles. The van der Waals surface area contributed by atoms with Crippen LogP contribution in [0.2, 0.25) is 0 Å². The molecular weight excluding hydrogens is 382 g/mol. The number of nitrogens with one attached hydrogen (secondary N) is 2. The largest absolute Gasteiger partial charge is 0.353 e. The molecule has 2 aliphatic heterocycles. The zero-order valence-corrected chi connectivity index (χ0v) is 17.4. The van der Waals surface area contributed by atoms with Gasteiger partial charge in [0.15, 0.2) is 0 Å². The average molecular weight is 414 g/mol. The second-order valence-corrected chi connectivity index (χ2v) is 8.46. The Balaban J connectivity index is 1.18. The van der Waals surface area contributed by atoms with Gasteiger partial charge in [0.25, 0.3) is 0 Å². The number of amides is 3. The van der Waals surface area contributed by atoms with Gasteiger partial charge < -0.3 is 20.4 Å². The molecule has 4 rings (SSSR count). The normalized spacial score (nSPS) is 20.4. The minimum atomic E-state index is -0.0443. The summed E-state index contributed by atoms with van der Waals surface area (Å²) in [6.45, 7) is 5.25. The molecule has 3 amide bonds. The van der Waals surface area contributed by atoms with Crippen molar-refractivity contribution in [2.75, 3.05) is 56.0 Å². The topological polar surface area (TPSA) is 85.0 Å². The Morgan fingerprint density at radius 3 is 2.47 bits per heavy atom. The summed E-state index contributed by atoms with van der Waals surface area (Å²) in [5.41, 5.74) is 1.56. The van der Waals surface area contributed by atoms with Crippen LogP contribution in [-0.4, -0.2) is 79.4 Å². The van der Waals surface area contributed by atoms with E-state index in [1.165, 1.54) is 0 Å². The Morgan fingerprint density at radius 2 is 1.77 bits per heavy atom. The first-order valence-corrected chi connectivity index (χ1v) is 11.0. The van der Waals surface area contributed by atoms with Gasteiger partial charge in [0, 0.05) is 69.5 Å². The number of benzene rings is 1. The number of rotatable bonds is 8. The highest BCUT2D eigenvalue weighted by atomic mass is 16.2. The smallest absolute Gasteiger partial charge is 0.238 e. The second kappa shape index (κ2) is 9.57. The summed E-state index contributed by atoms with van der Waals surface area (Å²) in [5.74, 6) is 0.246. The lowest BCUT2D eigenvalue weighted by Crippen LogP contribution is -2.49. The zero-order chi connectivity index (χ0) is 20.9. The van der Waals surface area contributed by atoms with Crippen LogP contribution in [-0.2, 0) is 14.4 Å². The number of carbonyl (C=O) groups excluding carboxylic acids is 3. The molecule has 0 bridgehead atoms. The fourth-order valence-corrected chi connectivity index (χ4v) is 4.03. The van der Waals surface area contributed by atoms with Gasteiger partial charge >= 0.3 is 0 Å². The third kappa shape index (κ3) is 5.79. The summed E-state index contributed by atoms with van der Waals surface area (Å²) in [6, 6.07) is 7.92. The average Bonchev–Trinajstić information content (AvgIpc) is 3.44. The van der Waals surface area contributed by atoms with Crippen LogP contribution in [0.5, 0.6) is 0 Å². The zero-order valence-electron chi connectivity index (χ0n) is 17.4. The van der Waals surface area contributed by atoms with Crippen molar-refractivity contribution in [3.63, 3.8) is 0 Å². The van der Waals surface area contributed by atoms with Crippen LogP contribution < -0.4 is 15.5 Å². The van der Waals surface area contributed by atoms with Crippen molar-refractivity contribution in [1.29, 1.82) is 0 Å². The van der Waals surface area contributed by atoms with Crippen molar-refractivity contribution in [3.8, 4) is 0 Å². The molecule has 0 aromatic heterocycles. The van der Waals surface area contributed by atoms with Crippen molar-refractivity contribution in [1.82, 2.24) is 15.1 Å². The fourth-order valence-electron chi connectivity index (χ4n) is 4.03. The maximum absolute atomic E-state index is 12.5. The highest BCUT2D eigenvalue weighted by Gasteiger charge is 2.24.